The minimum absolute atomic E-state index is 0.0331. The van der Waals surface area contributed by atoms with Crippen LogP contribution in [0.4, 0.5) is 11.4 Å². The summed E-state index contributed by atoms with van der Waals surface area (Å²) in [4.78, 5) is 29.4. The fraction of sp³-hybridized carbons (Fsp3) is 0.517. The van der Waals surface area contributed by atoms with Crippen molar-refractivity contribution in [2.75, 3.05) is 75.9 Å². The monoisotopic (exact) mass is 524 g/mol. The van der Waals surface area contributed by atoms with Gasteiger partial charge in [0.05, 0.1) is 13.2 Å². The van der Waals surface area contributed by atoms with Crippen molar-refractivity contribution in [2.24, 2.45) is 0 Å². The number of carbonyl (C=O) groups excluding carboxylic acids is 1. The maximum absolute atomic E-state index is 13.0. The molecule has 2 aromatic carbocycles. The number of aliphatic hydroxyl groups is 1. The summed E-state index contributed by atoms with van der Waals surface area (Å²) in [5.41, 5.74) is 7.59. The van der Waals surface area contributed by atoms with Crippen molar-refractivity contribution in [3.05, 3.63) is 58.7 Å². The number of rotatable bonds is 5. The molecule has 206 valence electrons. The first-order chi connectivity index (χ1) is 18.4. The number of nitrogens with zero attached hydrogens (tertiary/aromatic N) is 3. The number of nitrogens with one attached hydrogen (secondary N) is 1. The zero-order chi connectivity index (χ0) is 27.1. The number of aliphatic hydroxyl groups excluding tert-OH is 1. The molecule has 0 spiro atoms. The molecule has 1 aliphatic carbocycles. The van der Waals surface area contributed by atoms with Crippen LogP contribution in [-0.4, -0.2) is 99.2 Å². The fourth-order valence-electron chi connectivity index (χ4n) is 5.42. The number of morpholine rings is 1. The molecule has 0 bridgehead atoms. The van der Waals surface area contributed by atoms with Crippen LogP contribution < -0.4 is 15.1 Å². The third-order valence-corrected chi connectivity index (χ3v) is 7.65. The highest BCUT2D eigenvalue weighted by molar-refractivity contribution is 5.94. The van der Waals surface area contributed by atoms with Crippen molar-refractivity contribution >= 4 is 23.3 Å². The number of hydrogen-bond donors (Lipinski definition) is 3. The molecule has 3 N–H and O–H groups in total. The van der Waals surface area contributed by atoms with Gasteiger partial charge >= 0.3 is 5.97 Å². The van der Waals surface area contributed by atoms with Crippen molar-refractivity contribution < 1.29 is 24.5 Å². The lowest BCUT2D eigenvalue weighted by atomic mass is 9.84. The highest BCUT2D eigenvalue weighted by Gasteiger charge is 2.27. The minimum Gasteiger partial charge on any atom is -0.480 e. The summed E-state index contributed by atoms with van der Waals surface area (Å²) in [5.74, 6) is -1.16. The summed E-state index contributed by atoms with van der Waals surface area (Å²) in [5, 5.41) is 18.3. The summed E-state index contributed by atoms with van der Waals surface area (Å²) in [6.45, 7) is 9.12. The number of carboxylic acid groups (broad SMARTS) is 1. The molecule has 1 amide bonds. The van der Waals surface area contributed by atoms with E-state index in [1.54, 1.807) is 0 Å². The van der Waals surface area contributed by atoms with Gasteiger partial charge in [-0.3, -0.25) is 4.79 Å². The van der Waals surface area contributed by atoms with Crippen LogP contribution in [0, 0.1) is 6.92 Å². The first kappa shape index (κ1) is 27.9. The number of aliphatic carboxylic acids is 1. The number of carboxylic acids is 1. The summed E-state index contributed by atoms with van der Waals surface area (Å²) >= 11 is 0. The Kier molecular flexibility index (Phi) is 9.60. The quantitative estimate of drug-likeness (QED) is 0.545. The van der Waals surface area contributed by atoms with Crippen molar-refractivity contribution in [1.29, 1.82) is 0 Å². The van der Waals surface area contributed by atoms with Gasteiger partial charge in [-0.15, -0.1) is 0 Å². The van der Waals surface area contributed by atoms with Crippen LogP contribution in [0.5, 0.6) is 0 Å². The predicted molar refractivity (Wildman–Crippen MR) is 148 cm³/mol. The molecule has 38 heavy (non-hydrogen) atoms. The molecule has 1 unspecified atom stereocenters. The van der Waals surface area contributed by atoms with Crippen LogP contribution in [0.25, 0.3) is 0 Å². The van der Waals surface area contributed by atoms with E-state index in [-0.39, 0.29) is 11.9 Å². The van der Waals surface area contributed by atoms with E-state index >= 15 is 0 Å². The summed E-state index contributed by atoms with van der Waals surface area (Å²) in [6.07, 6.45) is 2.94. The van der Waals surface area contributed by atoms with Crippen LogP contribution in [0.2, 0.25) is 0 Å². The lowest BCUT2D eigenvalue weighted by Crippen LogP contribution is -2.45. The van der Waals surface area contributed by atoms with E-state index in [4.69, 9.17) is 19.7 Å². The predicted octanol–water partition coefficient (Wildman–Crippen LogP) is 1.93. The first-order valence-corrected chi connectivity index (χ1v) is 13.5. The molecule has 0 radical (unpaired) electrons. The van der Waals surface area contributed by atoms with Gasteiger partial charge in [-0.25, -0.2) is 4.79 Å². The fourth-order valence-corrected chi connectivity index (χ4v) is 5.42. The normalized spacial score (nSPS) is 19.7. The summed E-state index contributed by atoms with van der Waals surface area (Å²) in [6, 6.07) is 12.8. The van der Waals surface area contributed by atoms with Crippen molar-refractivity contribution in [3.8, 4) is 0 Å². The minimum atomic E-state index is -1.19. The zero-order valence-electron chi connectivity index (χ0n) is 22.5. The largest absolute Gasteiger partial charge is 0.480 e. The number of anilines is 2. The maximum Gasteiger partial charge on any atom is 0.329 e. The molecule has 3 aliphatic rings. The van der Waals surface area contributed by atoms with Gasteiger partial charge in [0, 0.05) is 62.2 Å². The molecule has 9 heteroatoms. The van der Waals surface area contributed by atoms with Gasteiger partial charge < -0.3 is 35.0 Å². The number of fused-ring (bicyclic) bond motifs is 1. The first-order valence-electron chi connectivity index (χ1n) is 13.5. The second-order valence-corrected chi connectivity index (χ2v) is 10.3. The van der Waals surface area contributed by atoms with E-state index < -0.39 is 12.6 Å². The van der Waals surface area contributed by atoms with Gasteiger partial charge in [-0.1, -0.05) is 6.07 Å². The zero-order valence-corrected chi connectivity index (χ0v) is 22.5. The third-order valence-electron chi connectivity index (χ3n) is 7.65. The molecule has 9 nitrogen and oxygen atoms in total. The van der Waals surface area contributed by atoms with Crippen LogP contribution in [0.1, 0.15) is 33.5 Å². The highest BCUT2D eigenvalue weighted by Crippen LogP contribution is 2.33. The number of amides is 1. The number of aryl methyl sites for hydroxylation is 1. The summed E-state index contributed by atoms with van der Waals surface area (Å²) in [7, 11) is 2.20. The van der Waals surface area contributed by atoms with Gasteiger partial charge in [0.1, 0.15) is 6.61 Å². The van der Waals surface area contributed by atoms with E-state index in [0.29, 0.717) is 0 Å². The van der Waals surface area contributed by atoms with Gasteiger partial charge in [0.2, 0.25) is 0 Å². The number of carbonyl (C=O) groups is 2. The molecule has 0 aromatic heterocycles. The Labute approximate surface area is 225 Å². The van der Waals surface area contributed by atoms with Crippen molar-refractivity contribution in [2.45, 2.75) is 32.2 Å². The van der Waals surface area contributed by atoms with Crippen molar-refractivity contribution in [1.82, 2.24) is 10.2 Å². The highest BCUT2D eigenvalue weighted by atomic mass is 16.5. The molecule has 2 saturated heterocycles. The van der Waals surface area contributed by atoms with Crippen molar-refractivity contribution in [3.63, 3.8) is 0 Å². The molecule has 0 saturated carbocycles. The van der Waals surface area contributed by atoms with Gasteiger partial charge in [0.25, 0.3) is 5.91 Å². The topological polar surface area (TPSA) is 106 Å². The molecule has 2 aliphatic heterocycles. The van der Waals surface area contributed by atoms with Crippen LogP contribution in [0.15, 0.2) is 36.4 Å². The average molecular weight is 525 g/mol. The number of benzene rings is 2. The van der Waals surface area contributed by atoms with E-state index in [2.05, 4.69) is 58.3 Å². The molecule has 2 fully saturated rings. The Morgan fingerprint density at radius 3 is 2.24 bits per heavy atom. The molecule has 2 aromatic rings. The number of likely N-dealkylation sites (N-methyl/N-ethyl adjacent to an activating group) is 1. The lowest BCUT2D eigenvalue weighted by molar-refractivity contribution is -0.140. The Bertz CT molecular complexity index is 1090. The Morgan fingerprint density at radius 1 is 0.947 bits per heavy atom. The average Bonchev–Trinajstić information content (AvgIpc) is 2.95. The summed E-state index contributed by atoms with van der Waals surface area (Å²) < 4.78 is 5.44. The maximum atomic E-state index is 13.0. The Balaban J connectivity index is 0.000000617. The molecule has 1 atom stereocenters. The van der Waals surface area contributed by atoms with E-state index in [0.717, 1.165) is 83.0 Å². The van der Waals surface area contributed by atoms with Gasteiger partial charge in [-0.2, -0.15) is 0 Å². The lowest BCUT2D eigenvalue weighted by Gasteiger charge is -2.37. The standard InChI is InChI=1S/C27H36N4O2.C2H4O3/c1-20-3-10-26(31-13-11-29(2)12-14-31)25-19-22(6-9-24(20)25)28-27(32)21-4-7-23(8-5-21)30-15-17-33-18-16-30;3-1-2(4)5/h3-5,7-8,10,22H,6,9,11-19H2,1-2H3,(H,28,32);3H,1H2,(H,4,5). The molecule has 2 heterocycles. The van der Waals surface area contributed by atoms with Crippen LogP contribution >= 0.6 is 0 Å². The third kappa shape index (κ3) is 7.03. The van der Waals surface area contributed by atoms with E-state index in [9.17, 15) is 4.79 Å². The van der Waals surface area contributed by atoms with Crippen LogP contribution in [-0.2, 0) is 22.4 Å². The number of hydrogen-bond acceptors (Lipinski definition) is 7. The smallest absolute Gasteiger partial charge is 0.329 e. The molecular formula is C29H40N4O5. The Morgan fingerprint density at radius 2 is 1.61 bits per heavy atom. The number of ether oxygens (including phenoxy) is 1. The molecule has 5 rings (SSSR count). The second kappa shape index (κ2) is 13.1. The van der Waals surface area contributed by atoms with Gasteiger partial charge in [0.15, 0.2) is 0 Å². The Hall–Kier alpha value is -3.14. The second-order valence-electron chi connectivity index (χ2n) is 10.3. The van der Waals surface area contributed by atoms with E-state index in [1.165, 1.54) is 22.4 Å². The molecular weight excluding hydrogens is 484 g/mol. The van der Waals surface area contributed by atoms with Gasteiger partial charge in [-0.05, 0) is 80.3 Å². The number of piperazine rings is 1. The SMILES string of the molecule is Cc1ccc(N2CCN(C)CC2)c2c1CCC(NC(=O)c1ccc(N3CCOCC3)cc1)C2.O=C(O)CO. The van der Waals surface area contributed by atoms with E-state index in [1.807, 2.05) is 12.1 Å². The van der Waals surface area contributed by atoms with Crippen LogP contribution in [0.3, 0.4) is 0 Å².